The molecule has 3 heterocycles. The molecule has 3 aromatic rings. The Morgan fingerprint density at radius 3 is 2.69 bits per heavy atom. The van der Waals surface area contributed by atoms with Crippen LogP contribution in [0.15, 0.2) is 34.7 Å². The molecule has 0 bridgehead atoms. The second kappa shape index (κ2) is 8.97. The Morgan fingerprint density at radius 1 is 1.25 bits per heavy atom. The number of sulfonamides is 1. The monoisotopic (exact) mass is 517 g/mol. The van der Waals surface area contributed by atoms with Crippen molar-refractivity contribution >= 4 is 68.1 Å². The van der Waals surface area contributed by atoms with Crippen LogP contribution in [0.4, 0.5) is 15.8 Å². The van der Waals surface area contributed by atoms with Crippen molar-refractivity contribution in [3.63, 3.8) is 0 Å². The zero-order valence-electron chi connectivity index (χ0n) is 16.8. The molecule has 1 aliphatic rings. The number of rotatable bonds is 5. The normalized spacial score (nSPS) is 15.1. The van der Waals surface area contributed by atoms with Gasteiger partial charge in [-0.05, 0) is 18.2 Å². The van der Waals surface area contributed by atoms with E-state index in [0.29, 0.717) is 11.3 Å². The highest BCUT2D eigenvalue weighted by atomic mass is 35.5. The Kier molecular flexibility index (Phi) is 6.44. The van der Waals surface area contributed by atoms with Crippen molar-refractivity contribution in [2.24, 2.45) is 7.05 Å². The van der Waals surface area contributed by atoms with E-state index < -0.39 is 15.8 Å². The van der Waals surface area contributed by atoms with Crippen LogP contribution in [0.3, 0.4) is 0 Å². The highest BCUT2D eigenvalue weighted by Crippen LogP contribution is 2.29. The van der Waals surface area contributed by atoms with Gasteiger partial charge >= 0.3 is 0 Å². The topological polar surface area (TPSA) is 88.7 Å². The third kappa shape index (κ3) is 4.47. The molecule has 32 heavy (non-hydrogen) atoms. The van der Waals surface area contributed by atoms with Gasteiger partial charge in [0.2, 0.25) is 0 Å². The molecule has 0 spiro atoms. The van der Waals surface area contributed by atoms with Crippen LogP contribution in [0.5, 0.6) is 0 Å². The van der Waals surface area contributed by atoms with Crippen molar-refractivity contribution in [1.29, 1.82) is 0 Å². The van der Waals surface area contributed by atoms with E-state index in [1.54, 1.807) is 7.05 Å². The average Bonchev–Trinajstić information content (AvgIpc) is 3.01. The maximum Gasteiger partial charge on any atom is 0.292 e. The molecule has 0 atom stereocenters. The lowest BCUT2D eigenvalue weighted by atomic mass is 10.2. The molecule has 0 amide bonds. The lowest BCUT2D eigenvalue weighted by Crippen LogP contribution is -2.35. The summed E-state index contributed by atoms with van der Waals surface area (Å²) in [5.41, 5.74) is 0.924. The number of hydrogen-bond donors (Lipinski definition) is 1. The smallest absolute Gasteiger partial charge is 0.292 e. The summed E-state index contributed by atoms with van der Waals surface area (Å²) in [6.45, 7) is 1.48. The van der Waals surface area contributed by atoms with Crippen LogP contribution in [0.1, 0.15) is 5.56 Å². The van der Waals surface area contributed by atoms with Gasteiger partial charge < -0.3 is 4.90 Å². The fourth-order valence-electron chi connectivity index (χ4n) is 3.33. The number of nitrogens with zero attached hydrogens (tertiary/aromatic N) is 4. The zero-order valence-corrected chi connectivity index (χ0v) is 19.9. The Bertz CT molecular complexity index is 1380. The third-order valence-corrected chi connectivity index (χ3v) is 7.59. The number of aromatic nitrogens is 3. The quantitative estimate of drug-likeness (QED) is 0.521. The molecule has 0 radical (unpaired) electrons. The van der Waals surface area contributed by atoms with Crippen LogP contribution < -0.4 is 15.2 Å². The molecule has 13 heteroatoms. The van der Waals surface area contributed by atoms with Gasteiger partial charge in [-0.2, -0.15) is 11.8 Å². The summed E-state index contributed by atoms with van der Waals surface area (Å²) in [5, 5.41) is 0.657. The number of halogens is 3. The van der Waals surface area contributed by atoms with Crippen LogP contribution in [0, 0.1) is 5.82 Å². The van der Waals surface area contributed by atoms with E-state index in [-0.39, 0.29) is 26.9 Å². The molecule has 8 nitrogen and oxygen atoms in total. The molecule has 0 aliphatic carbocycles. The predicted molar refractivity (Wildman–Crippen MR) is 128 cm³/mol. The number of aryl methyl sites for hydroxylation is 1. The van der Waals surface area contributed by atoms with Gasteiger partial charge in [0, 0.05) is 42.2 Å². The highest BCUT2D eigenvalue weighted by molar-refractivity contribution is 7.99. The first kappa shape index (κ1) is 23.0. The van der Waals surface area contributed by atoms with Crippen molar-refractivity contribution < 1.29 is 12.8 Å². The molecule has 1 aliphatic heterocycles. The summed E-state index contributed by atoms with van der Waals surface area (Å²) in [6.07, 6.45) is 3.92. The third-order valence-electron chi connectivity index (χ3n) is 4.92. The van der Waals surface area contributed by atoms with E-state index in [1.165, 1.54) is 27.7 Å². The number of fused-ring (bicyclic) bond motifs is 1. The van der Waals surface area contributed by atoms with Crippen molar-refractivity contribution in [2.45, 2.75) is 0 Å². The van der Waals surface area contributed by atoms with E-state index in [4.69, 9.17) is 23.2 Å². The molecule has 1 saturated heterocycles. The van der Waals surface area contributed by atoms with Gasteiger partial charge in [-0.3, -0.25) is 9.52 Å². The number of hydrogen-bond acceptors (Lipinski definition) is 6. The maximum atomic E-state index is 13.6. The SMILES string of the molecule is Cn1c(=O)c(N2CCSCC2)c2ncc(NS(=O)(=O)C=Cc3c(Cl)ccc(F)c3Cl)cn21. The van der Waals surface area contributed by atoms with Crippen LogP contribution in [0.2, 0.25) is 10.0 Å². The molecular weight excluding hydrogens is 500 g/mol. The Labute approximate surface area is 197 Å². The van der Waals surface area contributed by atoms with Crippen molar-refractivity contribution in [3.05, 3.63) is 61.7 Å². The van der Waals surface area contributed by atoms with Gasteiger partial charge in [0.05, 0.1) is 28.5 Å². The Hall–Kier alpha value is -2.21. The predicted octanol–water partition coefficient (Wildman–Crippen LogP) is 3.44. The first-order chi connectivity index (χ1) is 15.2. The van der Waals surface area contributed by atoms with E-state index in [0.717, 1.165) is 42.1 Å². The number of nitrogens with one attached hydrogen (secondary N) is 1. The fraction of sp³-hybridized carbons (Fsp3) is 0.263. The molecule has 1 fully saturated rings. The van der Waals surface area contributed by atoms with E-state index >= 15 is 0 Å². The molecule has 170 valence electrons. The summed E-state index contributed by atoms with van der Waals surface area (Å²) in [4.78, 5) is 19.1. The highest BCUT2D eigenvalue weighted by Gasteiger charge is 2.22. The lowest BCUT2D eigenvalue weighted by Gasteiger charge is -2.26. The Balaban J connectivity index is 1.64. The first-order valence-electron chi connectivity index (χ1n) is 9.42. The molecule has 0 saturated carbocycles. The zero-order chi connectivity index (χ0) is 23.0. The molecule has 4 rings (SSSR count). The van der Waals surface area contributed by atoms with Crippen molar-refractivity contribution in [3.8, 4) is 0 Å². The van der Waals surface area contributed by atoms with Gasteiger partial charge in [0.15, 0.2) is 5.65 Å². The van der Waals surface area contributed by atoms with E-state index in [2.05, 4.69) is 9.71 Å². The minimum absolute atomic E-state index is 0.0458. The van der Waals surface area contributed by atoms with Crippen molar-refractivity contribution in [1.82, 2.24) is 14.2 Å². The van der Waals surface area contributed by atoms with Crippen molar-refractivity contribution in [2.75, 3.05) is 34.2 Å². The van der Waals surface area contributed by atoms with E-state index in [1.807, 2.05) is 16.7 Å². The maximum absolute atomic E-state index is 13.6. The van der Waals surface area contributed by atoms with Gasteiger partial charge in [0.1, 0.15) is 11.5 Å². The molecule has 0 unspecified atom stereocenters. The first-order valence-corrected chi connectivity index (χ1v) is 12.9. The molecule has 1 N–H and O–H groups in total. The summed E-state index contributed by atoms with van der Waals surface area (Å²) < 4.78 is 43.9. The van der Waals surface area contributed by atoms with Gasteiger partial charge in [-0.1, -0.05) is 23.2 Å². The summed E-state index contributed by atoms with van der Waals surface area (Å²) >= 11 is 13.7. The van der Waals surface area contributed by atoms with E-state index in [9.17, 15) is 17.6 Å². The summed E-state index contributed by atoms with van der Waals surface area (Å²) in [5.74, 6) is 1.13. The average molecular weight is 518 g/mol. The number of anilines is 2. The van der Waals surface area contributed by atoms with Crippen LogP contribution in [0.25, 0.3) is 11.7 Å². The molecule has 2 aromatic heterocycles. The Morgan fingerprint density at radius 2 is 1.97 bits per heavy atom. The lowest BCUT2D eigenvalue weighted by molar-refractivity contribution is 0.609. The summed E-state index contributed by atoms with van der Waals surface area (Å²) in [7, 11) is -2.42. The number of thioether (sulfide) groups is 1. The fourth-order valence-corrected chi connectivity index (χ4v) is 5.55. The minimum Gasteiger partial charge on any atom is -0.362 e. The van der Waals surface area contributed by atoms with Gasteiger partial charge in [-0.25, -0.2) is 27.0 Å². The largest absolute Gasteiger partial charge is 0.362 e. The molecular formula is C19H18Cl2FN5O3S2. The summed E-state index contributed by atoms with van der Waals surface area (Å²) in [6, 6.07) is 2.37. The minimum atomic E-state index is -4.01. The van der Waals surface area contributed by atoms with Crippen LogP contribution in [-0.4, -0.2) is 47.2 Å². The van der Waals surface area contributed by atoms with Crippen LogP contribution >= 0.6 is 35.0 Å². The van der Waals surface area contributed by atoms with Gasteiger partial charge in [-0.15, -0.1) is 0 Å². The van der Waals surface area contributed by atoms with Gasteiger partial charge in [0.25, 0.3) is 15.6 Å². The standard InChI is InChI=1S/C19H18Cl2FN5O3S2/c1-25-19(28)17(26-5-7-31-8-6-26)18-23-10-12(11-27(18)25)24-32(29,30)9-4-13-14(20)2-3-15(22)16(13)21/h2-4,9-11,24H,5-8H2,1H3. The number of benzene rings is 1. The van der Waals surface area contributed by atoms with Crippen LogP contribution in [-0.2, 0) is 17.1 Å². The second-order valence-corrected chi connectivity index (χ2v) is 10.6. The second-order valence-electron chi connectivity index (χ2n) is 6.99. The molecule has 1 aromatic carbocycles.